The summed E-state index contributed by atoms with van der Waals surface area (Å²) in [5.41, 5.74) is 2.00. The summed E-state index contributed by atoms with van der Waals surface area (Å²) in [5.74, 6) is -0.349. The molecule has 0 heterocycles. The van der Waals surface area contributed by atoms with E-state index in [-0.39, 0.29) is 28.0 Å². The summed E-state index contributed by atoms with van der Waals surface area (Å²) in [7, 11) is 0. The minimum absolute atomic E-state index is 0.102. The number of benzene rings is 3. The molecule has 0 bridgehead atoms. The lowest BCUT2D eigenvalue weighted by atomic mass is 10.1. The van der Waals surface area contributed by atoms with E-state index in [4.69, 9.17) is 39.5 Å². The van der Waals surface area contributed by atoms with Crippen LogP contribution in [0.25, 0.3) is 6.08 Å². The zero-order valence-electron chi connectivity index (χ0n) is 16.4. The molecule has 8 heteroatoms. The number of halogens is 3. The van der Waals surface area contributed by atoms with Gasteiger partial charge in [0.2, 0.25) is 0 Å². The molecule has 0 saturated heterocycles. The van der Waals surface area contributed by atoms with Crippen molar-refractivity contribution in [1.29, 1.82) is 10.5 Å². The second-order valence-corrected chi connectivity index (χ2v) is 7.75. The average molecular weight is 483 g/mol. The summed E-state index contributed by atoms with van der Waals surface area (Å²) < 4.78 is 5.73. The molecule has 0 saturated carbocycles. The van der Waals surface area contributed by atoms with Crippen molar-refractivity contribution in [3.05, 3.63) is 98.0 Å². The number of hydrogen-bond donors (Lipinski definition) is 1. The molecule has 158 valence electrons. The van der Waals surface area contributed by atoms with Crippen LogP contribution in [0.15, 0.2) is 66.2 Å². The third kappa shape index (κ3) is 5.81. The van der Waals surface area contributed by atoms with Crippen LogP contribution in [0.1, 0.15) is 16.7 Å². The molecule has 3 aromatic rings. The number of rotatable bonds is 6. The third-order valence-corrected chi connectivity index (χ3v) is 5.12. The third-order valence-electron chi connectivity index (χ3n) is 4.31. The maximum Gasteiger partial charge on any atom is 0.266 e. The van der Waals surface area contributed by atoms with E-state index in [1.807, 2.05) is 6.07 Å². The van der Waals surface area contributed by atoms with Gasteiger partial charge < -0.3 is 10.1 Å². The normalized spacial score (nSPS) is 10.7. The number of anilines is 1. The zero-order valence-corrected chi connectivity index (χ0v) is 18.7. The van der Waals surface area contributed by atoms with Gasteiger partial charge in [-0.1, -0.05) is 53.0 Å². The van der Waals surface area contributed by atoms with Crippen molar-refractivity contribution in [2.24, 2.45) is 0 Å². The predicted octanol–water partition coefficient (Wildman–Crippen LogP) is 6.64. The molecule has 0 fully saturated rings. The number of nitrogens with zero attached hydrogens (tertiary/aromatic N) is 2. The largest absolute Gasteiger partial charge is 0.486 e. The number of hydrogen-bond acceptors (Lipinski definition) is 4. The maximum atomic E-state index is 12.4. The summed E-state index contributed by atoms with van der Waals surface area (Å²) in [6, 6.07) is 20.6. The maximum absolute atomic E-state index is 12.4. The Balaban J connectivity index is 1.78. The van der Waals surface area contributed by atoms with Crippen LogP contribution in [-0.4, -0.2) is 5.91 Å². The second-order valence-electron chi connectivity index (χ2n) is 6.50. The summed E-state index contributed by atoms with van der Waals surface area (Å²) in [5, 5.41) is 22.2. The standard InChI is InChI=1S/C24H14Cl3N3O2/c25-19-5-7-20(8-6-19)30-24(31)18(13-29)9-15-10-21(26)23(22(27)11-15)32-14-17-4-2-1-3-16(17)12-28/h1-11H,14H2,(H,30,31)/b18-9-. The highest BCUT2D eigenvalue weighted by Gasteiger charge is 2.14. The molecule has 5 nitrogen and oxygen atoms in total. The van der Waals surface area contributed by atoms with Gasteiger partial charge in [-0.3, -0.25) is 4.79 Å². The fourth-order valence-corrected chi connectivity index (χ4v) is 3.49. The van der Waals surface area contributed by atoms with Gasteiger partial charge in [0.05, 0.1) is 21.7 Å². The Kier molecular flexibility index (Phi) is 7.76. The van der Waals surface area contributed by atoms with Crippen molar-refractivity contribution in [3.8, 4) is 17.9 Å². The van der Waals surface area contributed by atoms with Crippen molar-refractivity contribution in [2.75, 3.05) is 5.32 Å². The van der Waals surface area contributed by atoms with Crippen molar-refractivity contribution < 1.29 is 9.53 Å². The van der Waals surface area contributed by atoms with Gasteiger partial charge in [-0.25, -0.2) is 0 Å². The highest BCUT2D eigenvalue weighted by molar-refractivity contribution is 6.37. The highest BCUT2D eigenvalue weighted by atomic mass is 35.5. The fraction of sp³-hybridized carbons (Fsp3) is 0.0417. The van der Waals surface area contributed by atoms with Crippen LogP contribution >= 0.6 is 34.8 Å². The molecule has 0 atom stereocenters. The Morgan fingerprint density at radius 2 is 1.66 bits per heavy atom. The van der Waals surface area contributed by atoms with Crippen LogP contribution in [0.2, 0.25) is 15.1 Å². The fourth-order valence-electron chi connectivity index (χ4n) is 2.75. The Morgan fingerprint density at radius 3 is 2.28 bits per heavy atom. The molecule has 32 heavy (non-hydrogen) atoms. The monoisotopic (exact) mass is 481 g/mol. The molecule has 3 aromatic carbocycles. The lowest BCUT2D eigenvalue weighted by Gasteiger charge is -2.12. The van der Waals surface area contributed by atoms with E-state index in [9.17, 15) is 15.3 Å². The SMILES string of the molecule is N#C/C(=C/c1cc(Cl)c(OCc2ccccc2C#N)c(Cl)c1)C(=O)Nc1ccc(Cl)cc1. The molecule has 0 aliphatic heterocycles. The lowest BCUT2D eigenvalue weighted by Crippen LogP contribution is -2.13. The first kappa shape index (κ1) is 23.2. The number of nitrogens with one attached hydrogen (secondary N) is 1. The summed E-state index contributed by atoms with van der Waals surface area (Å²) in [6.07, 6.45) is 1.37. The van der Waals surface area contributed by atoms with E-state index in [1.54, 1.807) is 48.5 Å². The van der Waals surface area contributed by atoms with Crippen LogP contribution in [0.3, 0.4) is 0 Å². The lowest BCUT2D eigenvalue weighted by molar-refractivity contribution is -0.112. The van der Waals surface area contributed by atoms with Crippen molar-refractivity contribution in [1.82, 2.24) is 0 Å². The van der Waals surface area contributed by atoms with E-state index in [1.165, 1.54) is 18.2 Å². The topological polar surface area (TPSA) is 85.9 Å². The molecule has 1 N–H and O–H groups in total. The number of amides is 1. The van der Waals surface area contributed by atoms with E-state index in [2.05, 4.69) is 11.4 Å². The van der Waals surface area contributed by atoms with Gasteiger partial charge in [-0.15, -0.1) is 0 Å². The Morgan fingerprint density at radius 1 is 1.00 bits per heavy atom. The summed E-state index contributed by atoms with van der Waals surface area (Å²) >= 11 is 18.5. The molecule has 3 rings (SSSR count). The van der Waals surface area contributed by atoms with Gasteiger partial charge >= 0.3 is 0 Å². The zero-order chi connectivity index (χ0) is 23.1. The molecule has 0 unspecified atom stereocenters. The predicted molar refractivity (Wildman–Crippen MR) is 126 cm³/mol. The van der Waals surface area contributed by atoms with E-state index >= 15 is 0 Å². The molecule has 1 amide bonds. The first-order valence-corrected chi connectivity index (χ1v) is 10.3. The minimum Gasteiger partial charge on any atom is -0.486 e. The minimum atomic E-state index is -0.587. The second kappa shape index (κ2) is 10.7. The summed E-state index contributed by atoms with van der Waals surface area (Å²) in [6.45, 7) is 0.102. The van der Waals surface area contributed by atoms with Crippen molar-refractivity contribution in [2.45, 2.75) is 6.61 Å². The number of carbonyl (C=O) groups excluding carboxylic acids is 1. The van der Waals surface area contributed by atoms with Gasteiger partial charge in [0, 0.05) is 16.3 Å². The molecule has 0 aromatic heterocycles. The number of ether oxygens (including phenoxy) is 1. The molecular weight excluding hydrogens is 469 g/mol. The van der Waals surface area contributed by atoms with E-state index in [0.717, 1.165) is 0 Å². The summed E-state index contributed by atoms with van der Waals surface area (Å²) in [4.78, 5) is 12.4. The first-order chi connectivity index (χ1) is 15.4. The molecule has 0 aliphatic rings. The van der Waals surface area contributed by atoms with Gasteiger partial charge in [-0.2, -0.15) is 10.5 Å². The highest BCUT2D eigenvalue weighted by Crippen LogP contribution is 2.35. The smallest absolute Gasteiger partial charge is 0.266 e. The van der Waals surface area contributed by atoms with Crippen LogP contribution in [-0.2, 0) is 11.4 Å². The van der Waals surface area contributed by atoms with Crippen LogP contribution < -0.4 is 10.1 Å². The quantitative estimate of drug-likeness (QED) is 0.315. The van der Waals surface area contributed by atoms with Crippen molar-refractivity contribution >= 4 is 52.5 Å². The molecular formula is C24H14Cl3N3O2. The van der Waals surface area contributed by atoms with Gasteiger partial charge in [-0.05, 0) is 54.1 Å². The molecule has 0 aliphatic carbocycles. The first-order valence-electron chi connectivity index (χ1n) is 9.20. The Hall–Kier alpha value is -3.48. The van der Waals surface area contributed by atoms with Gasteiger partial charge in [0.1, 0.15) is 18.2 Å². The van der Waals surface area contributed by atoms with Crippen LogP contribution in [0, 0.1) is 22.7 Å². The number of carbonyl (C=O) groups is 1. The molecule has 0 spiro atoms. The number of nitriles is 2. The Bertz CT molecular complexity index is 1250. The van der Waals surface area contributed by atoms with Crippen LogP contribution in [0.5, 0.6) is 5.75 Å². The van der Waals surface area contributed by atoms with Gasteiger partial charge in [0.25, 0.3) is 5.91 Å². The van der Waals surface area contributed by atoms with Gasteiger partial charge in [0.15, 0.2) is 5.75 Å². The van der Waals surface area contributed by atoms with E-state index < -0.39 is 5.91 Å². The van der Waals surface area contributed by atoms with Crippen molar-refractivity contribution in [3.63, 3.8) is 0 Å². The molecule has 0 radical (unpaired) electrons. The average Bonchev–Trinajstić information content (AvgIpc) is 2.78. The van der Waals surface area contributed by atoms with Crippen LogP contribution in [0.4, 0.5) is 5.69 Å². The van der Waals surface area contributed by atoms with E-state index in [0.29, 0.717) is 27.4 Å². The Labute approximate surface area is 200 Å².